The topological polar surface area (TPSA) is 120 Å². The van der Waals surface area contributed by atoms with E-state index in [0.29, 0.717) is 18.7 Å². The van der Waals surface area contributed by atoms with Crippen molar-refractivity contribution in [3.05, 3.63) is 66.0 Å². The molecule has 0 spiro atoms. The van der Waals surface area contributed by atoms with Crippen LogP contribution in [0.1, 0.15) is 58.6 Å². The third kappa shape index (κ3) is 9.18. The minimum absolute atomic E-state index is 0.0549. The van der Waals surface area contributed by atoms with E-state index in [-0.39, 0.29) is 25.2 Å². The molecule has 3 rings (SSSR count). The highest BCUT2D eigenvalue weighted by Crippen LogP contribution is 2.29. The zero-order chi connectivity index (χ0) is 30.2. The summed E-state index contributed by atoms with van der Waals surface area (Å²) < 4.78 is 5.81. The van der Waals surface area contributed by atoms with Gasteiger partial charge in [-0.2, -0.15) is 0 Å². The number of aliphatic hydroxyl groups is 2. The number of nitrogens with zero attached hydrogens (tertiary/aromatic N) is 3. The van der Waals surface area contributed by atoms with E-state index in [9.17, 15) is 24.6 Å². The van der Waals surface area contributed by atoms with Crippen molar-refractivity contribution in [3.8, 4) is 0 Å². The molecule has 1 aliphatic heterocycles. The SMILES string of the molecule is C/C(=C\C=C\[C@H](C)c1ccccn1)[C@H]1C(=O)C(=O)C[C@@H](O)CC[C@](C)(O)[C@@H](OC(=O)N2CCN(C)CC2)/C=C/[C@@H]1C. The Hall–Kier alpha value is -3.14. The molecule has 41 heavy (non-hydrogen) atoms. The first kappa shape index (κ1) is 32.4. The van der Waals surface area contributed by atoms with Gasteiger partial charge in [0.1, 0.15) is 5.60 Å². The summed E-state index contributed by atoms with van der Waals surface area (Å²) in [6.07, 6.45) is 7.96. The number of amides is 1. The molecule has 224 valence electrons. The van der Waals surface area contributed by atoms with Gasteiger partial charge in [-0.15, -0.1) is 0 Å². The van der Waals surface area contributed by atoms with Crippen LogP contribution in [0, 0.1) is 11.8 Å². The Morgan fingerprint density at radius 3 is 2.56 bits per heavy atom. The maximum Gasteiger partial charge on any atom is 0.410 e. The van der Waals surface area contributed by atoms with Gasteiger partial charge in [-0.25, -0.2) is 4.79 Å². The molecule has 2 heterocycles. The number of piperazine rings is 1. The van der Waals surface area contributed by atoms with E-state index >= 15 is 0 Å². The fraction of sp³-hybridized carbons (Fsp3) is 0.562. The molecule has 1 fully saturated rings. The molecule has 0 radical (unpaired) electrons. The number of ether oxygens (including phenoxy) is 1. The highest BCUT2D eigenvalue weighted by Gasteiger charge is 2.38. The fourth-order valence-electron chi connectivity index (χ4n) is 5.21. The number of ketones is 2. The maximum absolute atomic E-state index is 13.4. The van der Waals surface area contributed by atoms with Crippen LogP contribution in [0.3, 0.4) is 0 Å². The van der Waals surface area contributed by atoms with Crippen molar-refractivity contribution in [1.29, 1.82) is 0 Å². The lowest BCUT2D eigenvalue weighted by atomic mass is 9.79. The highest BCUT2D eigenvalue weighted by molar-refractivity contribution is 6.38. The first-order chi connectivity index (χ1) is 19.4. The Morgan fingerprint density at radius 1 is 1.20 bits per heavy atom. The summed E-state index contributed by atoms with van der Waals surface area (Å²) in [4.78, 5) is 47.4. The number of aromatic nitrogens is 1. The smallest absolute Gasteiger partial charge is 0.410 e. The van der Waals surface area contributed by atoms with Crippen LogP contribution in [0.5, 0.6) is 0 Å². The monoisotopic (exact) mass is 567 g/mol. The van der Waals surface area contributed by atoms with E-state index in [0.717, 1.165) is 18.8 Å². The Morgan fingerprint density at radius 2 is 1.90 bits per heavy atom. The van der Waals surface area contributed by atoms with Gasteiger partial charge in [-0.3, -0.25) is 14.6 Å². The molecule has 1 aromatic heterocycles. The predicted molar refractivity (Wildman–Crippen MR) is 157 cm³/mol. The Labute approximate surface area is 243 Å². The van der Waals surface area contributed by atoms with Crippen molar-refractivity contribution >= 4 is 17.7 Å². The minimum Gasteiger partial charge on any atom is -0.439 e. The predicted octanol–water partition coefficient (Wildman–Crippen LogP) is 3.68. The summed E-state index contributed by atoms with van der Waals surface area (Å²) in [6, 6.07) is 5.73. The van der Waals surface area contributed by atoms with Crippen molar-refractivity contribution in [3.63, 3.8) is 0 Å². The van der Waals surface area contributed by atoms with Gasteiger partial charge in [-0.05, 0) is 57.9 Å². The van der Waals surface area contributed by atoms with Gasteiger partial charge in [0.05, 0.1) is 12.0 Å². The number of hydrogen-bond donors (Lipinski definition) is 2. The van der Waals surface area contributed by atoms with Crippen molar-refractivity contribution in [2.45, 2.75) is 70.7 Å². The van der Waals surface area contributed by atoms with Crippen molar-refractivity contribution in [2.75, 3.05) is 33.2 Å². The molecule has 0 aromatic carbocycles. The van der Waals surface area contributed by atoms with Crippen LogP contribution in [-0.4, -0.2) is 93.7 Å². The van der Waals surface area contributed by atoms with E-state index in [1.807, 2.05) is 57.3 Å². The van der Waals surface area contributed by atoms with Crippen LogP contribution in [0.25, 0.3) is 0 Å². The molecule has 1 saturated heterocycles. The van der Waals surface area contributed by atoms with Gasteiger partial charge in [0, 0.05) is 50.4 Å². The number of carbonyl (C=O) groups excluding carboxylic acids is 3. The second-order valence-electron chi connectivity index (χ2n) is 11.7. The Bertz CT molecular complexity index is 1140. The van der Waals surface area contributed by atoms with Gasteiger partial charge in [-0.1, -0.05) is 49.8 Å². The lowest BCUT2D eigenvalue weighted by molar-refractivity contribution is -0.140. The van der Waals surface area contributed by atoms with Gasteiger partial charge in [0.15, 0.2) is 6.10 Å². The minimum atomic E-state index is -1.49. The largest absolute Gasteiger partial charge is 0.439 e. The normalized spacial score (nSPS) is 30.9. The third-order valence-corrected chi connectivity index (χ3v) is 8.08. The summed E-state index contributed by atoms with van der Waals surface area (Å²) in [5, 5.41) is 21.9. The molecule has 6 atom stereocenters. The van der Waals surface area contributed by atoms with Crippen molar-refractivity contribution < 1.29 is 29.3 Å². The summed E-state index contributed by atoms with van der Waals surface area (Å²) in [5.74, 6) is -2.38. The average molecular weight is 568 g/mol. The molecule has 9 heteroatoms. The molecule has 0 saturated carbocycles. The molecule has 0 unspecified atom stereocenters. The molecule has 0 bridgehead atoms. The maximum atomic E-state index is 13.4. The van der Waals surface area contributed by atoms with Crippen molar-refractivity contribution in [2.24, 2.45) is 11.8 Å². The van der Waals surface area contributed by atoms with E-state index in [1.54, 1.807) is 37.1 Å². The molecule has 2 aliphatic rings. The molecule has 2 N–H and O–H groups in total. The van der Waals surface area contributed by atoms with Gasteiger partial charge in [0.2, 0.25) is 11.6 Å². The first-order valence-corrected chi connectivity index (χ1v) is 14.4. The van der Waals surface area contributed by atoms with E-state index < -0.39 is 47.3 Å². The summed E-state index contributed by atoms with van der Waals surface area (Å²) in [6.45, 7) is 9.72. The first-order valence-electron chi connectivity index (χ1n) is 14.4. The Balaban J connectivity index is 1.86. The van der Waals surface area contributed by atoms with Gasteiger partial charge < -0.3 is 24.7 Å². The average Bonchev–Trinajstić information content (AvgIpc) is 2.94. The zero-order valence-electron chi connectivity index (χ0n) is 24.9. The molecular formula is C32H45N3O6. The van der Waals surface area contributed by atoms with E-state index in [2.05, 4.69) is 9.88 Å². The van der Waals surface area contributed by atoms with Crippen LogP contribution in [0.15, 0.2) is 60.3 Å². The third-order valence-electron chi connectivity index (χ3n) is 8.08. The fourth-order valence-corrected chi connectivity index (χ4v) is 5.21. The summed E-state index contributed by atoms with van der Waals surface area (Å²) in [7, 11) is 1.99. The number of carbonyl (C=O) groups is 3. The van der Waals surface area contributed by atoms with E-state index in [1.165, 1.54) is 0 Å². The van der Waals surface area contributed by atoms with Gasteiger partial charge in [0.25, 0.3) is 0 Å². The van der Waals surface area contributed by atoms with Crippen LogP contribution in [0.4, 0.5) is 4.79 Å². The number of likely N-dealkylation sites (N-methyl/N-ethyl adjacent to an activating group) is 1. The van der Waals surface area contributed by atoms with Crippen LogP contribution in [0.2, 0.25) is 0 Å². The van der Waals surface area contributed by atoms with Crippen LogP contribution in [-0.2, 0) is 14.3 Å². The molecule has 1 aromatic rings. The van der Waals surface area contributed by atoms with Gasteiger partial charge >= 0.3 is 6.09 Å². The second kappa shape index (κ2) is 14.7. The second-order valence-corrected chi connectivity index (χ2v) is 11.7. The number of pyridine rings is 1. The number of Topliss-reactive ketones (excluding diaryl/α,β-unsaturated/α-hetero) is 2. The van der Waals surface area contributed by atoms with Crippen molar-refractivity contribution in [1.82, 2.24) is 14.8 Å². The molecule has 1 aliphatic carbocycles. The quantitative estimate of drug-likeness (QED) is 0.314. The Kier molecular flexibility index (Phi) is 11.6. The molecule has 9 nitrogen and oxygen atoms in total. The van der Waals surface area contributed by atoms with Crippen LogP contribution >= 0.6 is 0 Å². The van der Waals surface area contributed by atoms with Crippen LogP contribution < -0.4 is 0 Å². The molecule has 1 amide bonds. The summed E-state index contributed by atoms with van der Waals surface area (Å²) in [5.41, 5.74) is 0.118. The highest BCUT2D eigenvalue weighted by atomic mass is 16.6. The molecular weight excluding hydrogens is 522 g/mol. The lowest BCUT2D eigenvalue weighted by Crippen LogP contribution is -2.50. The van der Waals surface area contributed by atoms with E-state index in [4.69, 9.17) is 4.74 Å². The summed E-state index contributed by atoms with van der Waals surface area (Å²) >= 11 is 0. The number of allylic oxidation sites excluding steroid dienone is 5. The standard InChI is InChI=1S/C32H45N3O6/c1-22(26-11-6-7-16-33-26)9-8-10-23(2)29-24(3)12-13-28(41-31(39)35-19-17-34(5)18-20-35)32(4,40)15-14-25(36)21-27(37)30(29)38/h6-13,16,22,24-25,28-29,36,40H,14-15,17-21H2,1-5H3/b9-8+,13-12+,23-10+/t22-,24-,25-,28-,29+,32-/m0/s1. The number of hydrogen-bond acceptors (Lipinski definition) is 8. The lowest BCUT2D eigenvalue weighted by Gasteiger charge is -2.36. The number of aliphatic hydroxyl groups excluding tert-OH is 1. The zero-order valence-corrected chi connectivity index (χ0v) is 24.9. The number of rotatable bonds is 5.